The molecule has 4 heteroatoms. The van der Waals surface area contributed by atoms with Gasteiger partial charge in [0, 0.05) is 6.54 Å². The van der Waals surface area contributed by atoms with Gasteiger partial charge in [0.05, 0.1) is 8.95 Å². The third-order valence-corrected chi connectivity index (χ3v) is 3.42. The summed E-state index contributed by atoms with van der Waals surface area (Å²) in [4.78, 5) is 0. The van der Waals surface area contributed by atoms with E-state index in [-0.39, 0.29) is 6.61 Å². The predicted molar refractivity (Wildman–Crippen MR) is 82.7 cm³/mol. The van der Waals surface area contributed by atoms with Gasteiger partial charge in [-0.15, -0.1) is 6.42 Å². The molecule has 0 unspecified atom stereocenters. The van der Waals surface area contributed by atoms with Crippen LogP contribution in [0.15, 0.2) is 21.1 Å². The number of benzene rings is 1. The van der Waals surface area contributed by atoms with Gasteiger partial charge in [-0.05, 0) is 62.0 Å². The number of hydrogen-bond donors (Lipinski definition) is 1. The summed E-state index contributed by atoms with van der Waals surface area (Å²) in [6, 6.07) is 4.09. The third kappa shape index (κ3) is 5.01. The second kappa shape index (κ2) is 7.83. The molecule has 0 bridgehead atoms. The van der Waals surface area contributed by atoms with E-state index in [1.807, 2.05) is 12.1 Å². The fourth-order valence-corrected chi connectivity index (χ4v) is 2.98. The van der Waals surface area contributed by atoms with Crippen molar-refractivity contribution in [1.29, 1.82) is 0 Å². The molecule has 0 amide bonds. The maximum atomic E-state index is 5.46. The zero-order chi connectivity index (χ0) is 13.5. The number of nitrogens with one attached hydrogen (secondary N) is 1. The quantitative estimate of drug-likeness (QED) is 0.760. The van der Waals surface area contributed by atoms with E-state index in [1.165, 1.54) is 5.56 Å². The van der Waals surface area contributed by atoms with Crippen LogP contribution in [0.5, 0.6) is 5.75 Å². The minimum atomic E-state index is 0.266. The van der Waals surface area contributed by atoms with Crippen molar-refractivity contribution in [2.45, 2.75) is 20.4 Å². The molecule has 98 valence electrons. The second-order valence-corrected chi connectivity index (χ2v) is 6.11. The largest absolute Gasteiger partial charge is 0.479 e. The molecule has 0 saturated heterocycles. The maximum Gasteiger partial charge on any atom is 0.149 e. The maximum absolute atomic E-state index is 5.46. The van der Waals surface area contributed by atoms with Crippen LogP contribution in [0.2, 0.25) is 0 Å². The average molecular weight is 375 g/mol. The van der Waals surface area contributed by atoms with Crippen LogP contribution in [0.3, 0.4) is 0 Å². The van der Waals surface area contributed by atoms with Gasteiger partial charge in [0.15, 0.2) is 0 Å². The van der Waals surface area contributed by atoms with Crippen molar-refractivity contribution in [3.05, 3.63) is 26.6 Å². The SMILES string of the molecule is C#CCOc1c(Br)cc(CNCC(C)C)cc1Br. The molecule has 1 aromatic carbocycles. The smallest absolute Gasteiger partial charge is 0.149 e. The summed E-state index contributed by atoms with van der Waals surface area (Å²) in [7, 11) is 0. The highest BCUT2D eigenvalue weighted by molar-refractivity contribution is 9.11. The fourth-order valence-electron chi connectivity index (χ4n) is 1.47. The van der Waals surface area contributed by atoms with Crippen molar-refractivity contribution in [2.24, 2.45) is 5.92 Å². The number of halogens is 2. The van der Waals surface area contributed by atoms with Crippen LogP contribution in [-0.2, 0) is 6.54 Å². The molecule has 0 radical (unpaired) electrons. The Hall–Kier alpha value is -0.500. The monoisotopic (exact) mass is 373 g/mol. The van der Waals surface area contributed by atoms with E-state index in [4.69, 9.17) is 11.2 Å². The van der Waals surface area contributed by atoms with Crippen molar-refractivity contribution in [3.8, 4) is 18.1 Å². The summed E-state index contributed by atoms with van der Waals surface area (Å²) in [6.07, 6.45) is 5.18. The van der Waals surface area contributed by atoms with Gasteiger partial charge in [0.2, 0.25) is 0 Å². The Morgan fingerprint density at radius 2 is 1.94 bits per heavy atom. The highest BCUT2D eigenvalue weighted by Gasteiger charge is 2.08. The van der Waals surface area contributed by atoms with Gasteiger partial charge in [-0.2, -0.15) is 0 Å². The van der Waals surface area contributed by atoms with Crippen molar-refractivity contribution >= 4 is 31.9 Å². The molecular formula is C14H17Br2NO. The van der Waals surface area contributed by atoms with Gasteiger partial charge in [-0.3, -0.25) is 0 Å². The Bertz CT molecular complexity index is 415. The summed E-state index contributed by atoms with van der Waals surface area (Å²) >= 11 is 7.00. The minimum absolute atomic E-state index is 0.266. The zero-order valence-corrected chi connectivity index (χ0v) is 13.8. The van der Waals surface area contributed by atoms with Crippen LogP contribution in [0, 0.1) is 18.3 Å². The lowest BCUT2D eigenvalue weighted by molar-refractivity contribution is 0.365. The van der Waals surface area contributed by atoms with Crippen molar-refractivity contribution in [1.82, 2.24) is 5.32 Å². The Balaban J connectivity index is 2.70. The molecule has 0 spiro atoms. The molecule has 0 aromatic heterocycles. The summed E-state index contributed by atoms with van der Waals surface area (Å²) < 4.78 is 7.29. The van der Waals surface area contributed by atoms with Gasteiger partial charge < -0.3 is 10.1 Å². The highest BCUT2D eigenvalue weighted by Crippen LogP contribution is 2.34. The van der Waals surface area contributed by atoms with Crippen LogP contribution in [-0.4, -0.2) is 13.2 Å². The molecule has 0 aliphatic carbocycles. The van der Waals surface area contributed by atoms with E-state index in [1.54, 1.807) is 0 Å². The predicted octanol–water partition coefficient (Wildman–Crippen LogP) is 3.97. The normalized spacial score (nSPS) is 10.4. The van der Waals surface area contributed by atoms with E-state index >= 15 is 0 Å². The van der Waals surface area contributed by atoms with E-state index in [2.05, 4.69) is 56.9 Å². The lowest BCUT2D eigenvalue weighted by Crippen LogP contribution is -2.19. The molecule has 1 N–H and O–H groups in total. The van der Waals surface area contributed by atoms with Gasteiger partial charge in [0.25, 0.3) is 0 Å². The van der Waals surface area contributed by atoms with Crippen LogP contribution in [0.4, 0.5) is 0 Å². The van der Waals surface area contributed by atoms with E-state index in [9.17, 15) is 0 Å². The molecule has 1 rings (SSSR count). The Kier molecular flexibility index (Phi) is 6.77. The number of ether oxygens (including phenoxy) is 1. The summed E-state index contributed by atoms with van der Waals surface area (Å²) in [5, 5.41) is 3.40. The topological polar surface area (TPSA) is 21.3 Å². The fraction of sp³-hybridized carbons (Fsp3) is 0.429. The Morgan fingerprint density at radius 1 is 1.33 bits per heavy atom. The molecule has 1 aromatic rings. The van der Waals surface area contributed by atoms with Gasteiger partial charge >= 0.3 is 0 Å². The van der Waals surface area contributed by atoms with Gasteiger partial charge in [0.1, 0.15) is 12.4 Å². The van der Waals surface area contributed by atoms with E-state index < -0.39 is 0 Å². The Morgan fingerprint density at radius 3 is 2.44 bits per heavy atom. The van der Waals surface area contributed by atoms with Crippen molar-refractivity contribution in [2.75, 3.05) is 13.2 Å². The first-order valence-corrected chi connectivity index (χ1v) is 7.38. The average Bonchev–Trinajstić information content (AvgIpc) is 2.27. The van der Waals surface area contributed by atoms with Crippen LogP contribution < -0.4 is 10.1 Å². The standard InChI is InChI=1S/C14H17Br2NO/c1-4-5-18-14-12(15)6-11(7-13(14)16)9-17-8-10(2)3/h1,6-7,10,17H,5,8-9H2,2-3H3. The molecule has 2 nitrogen and oxygen atoms in total. The zero-order valence-electron chi connectivity index (χ0n) is 10.6. The van der Waals surface area contributed by atoms with Crippen LogP contribution >= 0.6 is 31.9 Å². The summed E-state index contributed by atoms with van der Waals surface area (Å²) in [5.41, 5.74) is 1.20. The summed E-state index contributed by atoms with van der Waals surface area (Å²) in [5.74, 6) is 3.85. The lowest BCUT2D eigenvalue weighted by Gasteiger charge is -2.12. The first-order valence-electron chi connectivity index (χ1n) is 5.79. The first kappa shape index (κ1) is 15.6. The highest BCUT2D eigenvalue weighted by atomic mass is 79.9. The minimum Gasteiger partial charge on any atom is -0.479 e. The lowest BCUT2D eigenvalue weighted by atomic mass is 10.2. The molecule has 18 heavy (non-hydrogen) atoms. The van der Waals surface area contributed by atoms with E-state index in [0.29, 0.717) is 5.92 Å². The van der Waals surface area contributed by atoms with Gasteiger partial charge in [-0.25, -0.2) is 0 Å². The van der Waals surface area contributed by atoms with Crippen LogP contribution in [0.25, 0.3) is 0 Å². The number of rotatable bonds is 6. The molecular weight excluding hydrogens is 358 g/mol. The van der Waals surface area contributed by atoms with Crippen molar-refractivity contribution < 1.29 is 4.74 Å². The van der Waals surface area contributed by atoms with Crippen molar-refractivity contribution in [3.63, 3.8) is 0 Å². The second-order valence-electron chi connectivity index (χ2n) is 4.41. The number of terminal acetylenes is 1. The third-order valence-electron chi connectivity index (χ3n) is 2.24. The summed E-state index contributed by atoms with van der Waals surface area (Å²) in [6.45, 7) is 6.49. The molecule has 0 saturated carbocycles. The number of hydrogen-bond acceptors (Lipinski definition) is 2. The van der Waals surface area contributed by atoms with Crippen LogP contribution in [0.1, 0.15) is 19.4 Å². The van der Waals surface area contributed by atoms with Gasteiger partial charge in [-0.1, -0.05) is 19.8 Å². The van der Waals surface area contributed by atoms with E-state index in [0.717, 1.165) is 27.8 Å². The molecule has 0 aliphatic rings. The molecule has 0 fully saturated rings. The Labute approximate surface area is 126 Å². The molecule has 0 heterocycles. The first-order chi connectivity index (χ1) is 8.54. The molecule has 0 aliphatic heterocycles. The molecule has 0 atom stereocenters.